The number of aryl methyl sites for hydroxylation is 1. The average molecular weight is 309 g/mol. The SMILES string of the molecule is CCc1cccc2c(F)c(-c3ccc(C(=O)NC)nc3)ncc12. The van der Waals surface area contributed by atoms with E-state index in [0.717, 1.165) is 17.4 Å². The zero-order chi connectivity index (χ0) is 16.4. The first kappa shape index (κ1) is 15.1. The van der Waals surface area contributed by atoms with Crippen molar-refractivity contribution in [1.29, 1.82) is 0 Å². The standard InChI is InChI=1S/C18H16FN3O/c1-3-11-5-4-6-13-14(11)10-22-17(16(13)19)12-7-8-15(21-9-12)18(23)20-2/h4-10H,3H2,1-2H3,(H,20,23). The van der Waals surface area contributed by atoms with Gasteiger partial charge < -0.3 is 5.32 Å². The van der Waals surface area contributed by atoms with Crippen molar-refractivity contribution >= 4 is 16.7 Å². The van der Waals surface area contributed by atoms with E-state index in [1.54, 1.807) is 24.4 Å². The molecule has 3 aromatic rings. The number of amides is 1. The number of rotatable bonds is 3. The molecule has 0 fully saturated rings. The zero-order valence-electron chi connectivity index (χ0n) is 12.9. The zero-order valence-corrected chi connectivity index (χ0v) is 12.9. The van der Waals surface area contributed by atoms with E-state index in [2.05, 4.69) is 15.3 Å². The van der Waals surface area contributed by atoms with Crippen LogP contribution in [0.5, 0.6) is 0 Å². The summed E-state index contributed by atoms with van der Waals surface area (Å²) in [6.45, 7) is 2.03. The van der Waals surface area contributed by atoms with Gasteiger partial charge in [0.15, 0.2) is 5.82 Å². The number of carbonyl (C=O) groups is 1. The van der Waals surface area contributed by atoms with Gasteiger partial charge in [0, 0.05) is 35.8 Å². The van der Waals surface area contributed by atoms with E-state index in [0.29, 0.717) is 10.9 Å². The Morgan fingerprint density at radius 2 is 1.96 bits per heavy atom. The maximum absolute atomic E-state index is 14.8. The number of pyridine rings is 2. The third-order valence-electron chi connectivity index (χ3n) is 3.84. The molecule has 0 aliphatic heterocycles. The second kappa shape index (κ2) is 6.12. The van der Waals surface area contributed by atoms with Crippen LogP contribution in [-0.4, -0.2) is 22.9 Å². The maximum atomic E-state index is 14.8. The molecule has 0 radical (unpaired) electrons. The predicted octanol–water partition coefficient (Wildman–Crippen LogP) is 3.36. The quantitative estimate of drug-likeness (QED) is 0.807. The van der Waals surface area contributed by atoms with Crippen molar-refractivity contribution in [3.8, 4) is 11.3 Å². The van der Waals surface area contributed by atoms with E-state index in [1.807, 2.05) is 19.1 Å². The van der Waals surface area contributed by atoms with Crippen LogP contribution in [0, 0.1) is 5.82 Å². The van der Waals surface area contributed by atoms with E-state index in [4.69, 9.17) is 0 Å². The van der Waals surface area contributed by atoms with Crippen LogP contribution in [0.2, 0.25) is 0 Å². The highest BCUT2D eigenvalue weighted by Crippen LogP contribution is 2.28. The molecule has 0 aliphatic carbocycles. The molecule has 0 saturated carbocycles. The fourth-order valence-electron chi connectivity index (χ4n) is 2.58. The second-order valence-electron chi connectivity index (χ2n) is 5.16. The molecule has 4 nitrogen and oxygen atoms in total. The molecule has 3 rings (SSSR count). The molecule has 116 valence electrons. The Balaban J connectivity index is 2.10. The lowest BCUT2D eigenvalue weighted by molar-refractivity contribution is 0.0958. The van der Waals surface area contributed by atoms with Crippen LogP contribution in [0.3, 0.4) is 0 Å². The molecule has 5 heteroatoms. The van der Waals surface area contributed by atoms with E-state index in [9.17, 15) is 9.18 Å². The number of carbonyl (C=O) groups excluding carboxylic acids is 1. The first-order valence-electron chi connectivity index (χ1n) is 7.40. The number of fused-ring (bicyclic) bond motifs is 1. The number of nitrogens with one attached hydrogen (secondary N) is 1. The van der Waals surface area contributed by atoms with E-state index in [-0.39, 0.29) is 23.1 Å². The minimum Gasteiger partial charge on any atom is -0.354 e. The Bertz CT molecular complexity index is 875. The average Bonchev–Trinajstić information content (AvgIpc) is 2.61. The van der Waals surface area contributed by atoms with Crippen molar-refractivity contribution in [2.75, 3.05) is 7.05 Å². The van der Waals surface area contributed by atoms with Gasteiger partial charge in [0.05, 0.1) is 0 Å². The topological polar surface area (TPSA) is 54.9 Å². The summed E-state index contributed by atoms with van der Waals surface area (Å²) in [4.78, 5) is 19.8. The molecule has 0 bridgehead atoms. The summed E-state index contributed by atoms with van der Waals surface area (Å²) in [6, 6.07) is 8.78. The van der Waals surface area contributed by atoms with Gasteiger partial charge in [-0.1, -0.05) is 25.1 Å². The van der Waals surface area contributed by atoms with Gasteiger partial charge in [0.25, 0.3) is 5.91 Å². The molecule has 23 heavy (non-hydrogen) atoms. The predicted molar refractivity (Wildman–Crippen MR) is 87.7 cm³/mol. The molecule has 0 atom stereocenters. The third kappa shape index (κ3) is 2.65. The van der Waals surface area contributed by atoms with Gasteiger partial charge in [-0.2, -0.15) is 0 Å². The van der Waals surface area contributed by atoms with Crippen LogP contribution in [0.25, 0.3) is 22.0 Å². The van der Waals surface area contributed by atoms with E-state index in [1.165, 1.54) is 13.2 Å². The van der Waals surface area contributed by atoms with Crippen LogP contribution in [0.15, 0.2) is 42.7 Å². The summed E-state index contributed by atoms with van der Waals surface area (Å²) in [7, 11) is 1.54. The van der Waals surface area contributed by atoms with Crippen molar-refractivity contribution in [1.82, 2.24) is 15.3 Å². The van der Waals surface area contributed by atoms with Crippen molar-refractivity contribution in [2.45, 2.75) is 13.3 Å². The summed E-state index contributed by atoms with van der Waals surface area (Å²) >= 11 is 0. The second-order valence-corrected chi connectivity index (χ2v) is 5.16. The Labute approximate surface area is 133 Å². The van der Waals surface area contributed by atoms with Crippen LogP contribution in [0.1, 0.15) is 23.0 Å². The lowest BCUT2D eigenvalue weighted by Gasteiger charge is -2.09. The van der Waals surface area contributed by atoms with Crippen LogP contribution < -0.4 is 5.32 Å². The van der Waals surface area contributed by atoms with Gasteiger partial charge in [-0.3, -0.25) is 14.8 Å². The molecular weight excluding hydrogens is 293 g/mol. The summed E-state index contributed by atoms with van der Waals surface area (Å²) < 4.78 is 14.8. The van der Waals surface area contributed by atoms with Gasteiger partial charge in [-0.15, -0.1) is 0 Å². The summed E-state index contributed by atoms with van der Waals surface area (Å²) in [5, 5.41) is 3.87. The minimum absolute atomic E-state index is 0.238. The molecule has 0 saturated heterocycles. The summed E-state index contributed by atoms with van der Waals surface area (Å²) in [6.07, 6.45) is 3.98. The van der Waals surface area contributed by atoms with E-state index >= 15 is 0 Å². The Morgan fingerprint density at radius 1 is 1.13 bits per heavy atom. The highest BCUT2D eigenvalue weighted by molar-refractivity contribution is 5.92. The van der Waals surface area contributed by atoms with Crippen molar-refractivity contribution in [3.05, 3.63) is 59.8 Å². The molecule has 1 amide bonds. The Hall–Kier alpha value is -2.82. The van der Waals surface area contributed by atoms with Crippen molar-refractivity contribution < 1.29 is 9.18 Å². The Kier molecular flexibility index (Phi) is 4.02. The minimum atomic E-state index is -0.368. The fraction of sp³-hybridized carbons (Fsp3) is 0.167. The first-order valence-corrected chi connectivity index (χ1v) is 7.40. The third-order valence-corrected chi connectivity index (χ3v) is 3.84. The van der Waals surface area contributed by atoms with Crippen molar-refractivity contribution in [2.24, 2.45) is 0 Å². The Morgan fingerprint density at radius 3 is 2.61 bits per heavy atom. The number of benzene rings is 1. The fourth-order valence-corrected chi connectivity index (χ4v) is 2.58. The molecule has 2 aromatic heterocycles. The van der Waals surface area contributed by atoms with Gasteiger partial charge >= 0.3 is 0 Å². The molecule has 1 aromatic carbocycles. The molecule has 0 spiro atoms. The lowest BCUT2D eigenvalue weighted by Crippen LogP contribution is -2.18. The number of hydrogen-bond donors (Lipinski definition) is 1. The highest BCUT2D eigenvalue weighted by Gasteiger charge is 2.13. The van der Waals surface area contributed by atoms with Gasteiger partial charge in [-0.25, -0.2) is 4.39 Å². The van der Waals surface area contributed by atoms with Gasteiger partial charge in [0.2, 0.25) is 0 Å². The van der Waals surface area contributed by atoms with Gasteiger partial charge in [-0.05, 0) is 24.1 Å². The number of nitrogens with zero attached hydrogens (tertiary/aromatic N) is 2. The largest absolute Gasteiger partial charge is 0.354 e. The summed E-state index contributed by atoms with van der Waals surface area (Å²) in [5.74, 6) is -0.650. The smallest absolute Gasteiger partial charge is 0.269 e. The molecular formula is C18H16FN3O. The molecule has 0 aliphatic rings. The van der Waals surface area contributed by atoms with Crippen molar-refractivity contribution in [3.63, 3.8) is 0 Å². The normalized spacial score (nSPS) is 10.7. The van der Waals surface area contributed by atoms with Crippen LogP contribution in [-0.2, 0) is 6.42 Å². The number of hydrogen-bond acceptors (Lipinski definition) is 3. The van der Waals surface area contributed by atoms with Crippen LogP contribution in [0.4, 0.5) is 4.39 Å². The molecule has 2 heterocycles. The summed E-state index contributed by atoms with van der Waals surface area (Å²) in [5.41, 5.74) is 2.12. The maximum Gasteiger partial charge on any atom is 0.269 e. The highest BCUT2D eigenvalue weighted by atomic mass is 19.1. The monoisotopic (exact) mass is 309 g/mol. The molecule has 1 N–H and O–H groups in total. The van der Waals surface area contributed by atoms with Crippen LogP contribution >= 0.6 is 0 Å². The first-order chi connectivity index (χ1) is 11.2. The lowest BCUT2D eigenvalue weighted by atomic mass is 10.0. The number of halogens is 1. The van der Waals surface area contributed by atoms with Gasteiger partial charge in [0.1, 0.15) is 11.4 Å². The molecule has 0 unspecified atom stereocenters. The van der Waals surface area contributed by atoms with E-state index < -0.39 is 0 Å². The number of aromatic nitrogens is 2.